The van der Waals surface area contributed by atoms with Crippen LogP contribution in [-0.4, -0.2) is 33.3 Å². The molecule has 0 radical (unpaired) electrons. The van der Waals surface area contributed by atoms with E-state index in [0.29, 0.717) is 5.56 Å². The Kier molecular flexibility index (Phi) is 7.89. The number of carbonyl (C=O) groups excluding carboxylic acids is 1. The fourth-order valence-electron chi connectivity index (χ4n) is 2.18. The summed E-state index contributed by atoms with van der Waals surface area (Å²) in [6.07, 6.45) is 0. The number of halogens is 3. The van der Waals surface area contributed by atoms with Crippen molar-refractivity contribution in [1.82, 2.24) is 5.32 Å². The van der Waals surface area contributed by atoms with Crippen LogP contribution in [0.4, 0.5) is 8.78 Å². The largest absolute Gasteiger partial charge is 0.346 e. The van der Waals surface area contributed by atoms with Gasteiger partial charge < -0.3 is 11.1 Å². The topological polar surface area (TPSA) is 89.3 Å². The van der Waals surface area contributed by atoms with Gasteiger partial charge in [-0.25, -0.2) is 17.2 Å². The summed E-state index contributed by atoms with van der Waals surface area (Å²) in [5, 5.41) is 2.10. The van der Waals surface area contributed by atoms with Crippen molar-refractivity contribution in [2.75, 3.05) is 13.1 Å². The number of amides is 1. The van der Waals surface area contributed by atoms with Crippen LogP contribution in [0.3, 0.4) is 0 Å². The fourth-order valence-corrected chi connectivity index (χ4v) is 3.53. The second-order valence-electron chi connectivity index (χ2n) is 6.01. The zero-order valence-corrected chi connectivity index (χ0v) is 16.2. The Balaban J connectivity index is 0.00000364. The van der Waals surface area contributed by atoms with Gasteiger partial charge in [-0.15, -0.1) is 12.4 Å². The third-order valence-electron chi connectivity index (χ3n) is 3.76. The van der Waals surface area contributed by atoms with Crippen LogP contribution in [0.1, 0.15) is 21.5 Å². The minimum Gasteiger partial charge on any atom is -0.346 e. The van der Waals surface area contributed by atoms with E-state index in [-0.39, 0.29) is 28.6 Å². The van der Waals surface area contributed by atoms with Crippen LogP contribution in [0.25, 0.3) is 0 Å². The van der Waals surface area contributed by atoms with Gasteiger partial charge in [0.05, 0.1) is 23.7 Å². The highest BCUT2D eigenvalue weighted by Gasteiger charge is 2.27. The highest BCUT2D eigenvalue weighted by Crippen LogP contribution is 2.18. The van der Waals surface area contributed by atoms with Gasteiger partial charge in [-0.05, 0) is 36.8 Å². The maximum absolute atomic E-state index is 13.1. The molecule has 0 aliphatic heterocycles. The predicted molar refractivity (Wildman–Crippen MR) is 102 cm³/mol. The Morgan fingerprint density at radius 2 is 1.63 bits per heavy atom. The molecule has 2 rings (SSSR count). The number of alkyl halides is 2. The number of hydrogen-bond donors (Lipinski definition) is 2. The molecular weight excluding hydrogens is 398 g/mol. The predicted octanol–water partition coefficient (Wildman–Crippen LogP) is 2.71. The van der Waals surface area contributed by atoms with Crippen LogP contribution >= 0.6 is 12.4 Å². The Morgan fingerprint density at radius 1 is 1.07 bits per heavy atom. The smallest absolute Gasteiger partial charge is 0.277 e. The van der Waals surface area contributed by atoms with E-state index in [4.69, 9.17) is 5.73 Å². The molecule has 0 atom stereocenters. The van der Waals surface area contributed by atoms with Crippen LogP contribution in [0.2, 0.25) is 0 Å². The molecule has 0 saturated carbocycles. The summed E-state index contributed by atoms with van der Waals surface area (Å²) >= 11 is 0. The van der Waals surface area contributed by atoms with Crippen molar-refractivity contribution < 1.29 is 22.0 Å². The number of nitrogens with one attached hydrogen (secondary N) is 1. The van der Waals surface area contributed by atoms with Crippen LogP contribution in [-0.2, 0) is 15.6 Å². The zero-order valence-electron chi connectivity index (χ0n) is 14.6. The normalized spacial score (nSPS) is 11.6. The van der Waals surface area contributed by atoms with Gasteiger partial charge in [-0.2, -0.15) is 0 Å². The summed E-state index contributed by atoms with van der Waals surface area (Å²) in [7, 11) is -3.51. The zero-order chi connectivity index (χ0) is 19.4. The van der Waals surface area contributed by atoms with Gasteiger partial charge >= 0.3 is 0 Å². The number of aryl methyl sites for hydroxylation is 1. The molecule has 0 spiro atoms. The Morgan fingerprint density at radius 3 is 2.15 bits per heavy atom. The second kappa shape index (κ2) is 9.25. The maximum Gasteiger partial charge on any atom is 0.277 e. The first-order chi connectivity index (χ1) is 12.1. The van der Waals surface area contributed by atoms with Gasteiger partial charge in [0.25, 0.3) is 11.8 Å². The Labute approximate surface area is 163 Å². The van der Waals surface area contributed by atoms with Crippen LogP contribution in [0.5, 0.6) is 0 Å². The molecule has 0 aliphatic carbocycles. The lowest BCUT2D eigenvalue weighted by Gasteiger charge is -2.14. The molecule has 3 N–H and O–H groups in total. The molecule has 0 heterocycles. The highest BCUT2D eigenvalue weighted by atomic mass is 35.5. The summed E-state index contributed by atoms with van der Waals surface area (Å²) in [5.41, 5.74) is 6.52. The molecule has 9 heteroatoms. The van der Waals surface area contributed by atoms with Gasteiger partial charge in [-0.1, -0.05) is 29.8 Å². The van der Waals surface area contributed by atoms with Crippen molar-refractivity contribution in [3.63, 3.8) is 0 Å². The van der Waals surface area contributed by atoms with Crippen molar-refractivity contribution in [3.05, 3.63) is 65.2 Å². The summed E-state index contributed by atoms with van der Waals surface area (Å²) in [4.78, 5) is 12.1. The lowest BCUT2D eigenvalue weighted by molar-refractivity contribution is 0.0118. The number of rotatable bonds is 7. The minimum absolute atomic E-state index is 0. The molecule has 1 amide bonds. The third-order valence-corrected chi connectivity index (χ3v) is 5.46. The molecule has 27 heavy (non-hydrogen) atoms. The first kappa shape index (κ1) is 23.0. The van der Waals surface area contributed by atoms with E-state index < -0.39 is 34.8 Å². The molecule has 0 bridgehead atoms. The second-order valence-corrected chi connectivity index (χ2v) is 8.00. The molecule has 2 aromatic carbocycles. The van der Waals surface area contributed by atoms with Gasteiger partial charge in [0, 0.05) is 5.56 Å². The highest BCUT2D eigenvalue weighted by molar-refractivity contribution is 7.90. The fraction of sp³-hybridized carbons (Fsp3) is 0.278. The minimum atomic E-state index is -3.51. The number of sulfone groups is 1. The molecule has 0 saturated heterocycles. The van der Waals surface area contributed by atoms with Crippen LogP contribution in [0.15, 0.2) is 53.4 Å². The first-order valence-corrected chi connectivity index (χ1v) is 9.53. The van der Waals surface area contributed by atoms with Crippen molar-refractivity contribution in [2.45, 2.75) is 23.5 Å². The van der Waals surface area contributed by atoms with Crippen LogP contribution in [0, 0.1) is 6.92 Å². The third kappa shape index (κ3) is 6.57. The SMILES string of the molecule is Cc1ccc(S(=O)(=O)Cc2ccc(C(=O)NCC(F)(F)CN)cc2)cc1.Cl. The van der Waals surface area contributed by atoms with E-state index >= 15 is 0 Å². The van der Waals surface area contributed by atoms with E-state index in [2.05, 4.69) is 5.32 Å². The van der Waals surface area contributed by atoms with E-state index in [1.165, 1.54) is 24.3 Å². The summed E-state index contributed by atoms with van der Waals surface area (Å²) in [5.74, 6) is -4.06. The summed E-state index contributed by atoms with van der Waals surface area (Å²) in [6, 6.07) is 12.3. The standard InChI is InChI=1S/C18H20F2N2O3S.ClH/c1-13-2-8-16(9-3-13)26(24,25)10-14-4-6-15(7-5-14)17(23)22-12-18(19,20)11-21;/h2-9H,10-12,21H2,1H3,(H,22,23);1H. The van der Waals surface area contributed by atoms with Crippen molar-refractivity contribution >= 4 is 28.2 Å². The molecule has 148 valence electrons. The lowest BCUT2D eigenvalue weighted by atomic mass is 10.1. The number of benzene rings is 2. The van der Waals surface area contributed by atoms with Gasteiger partial charge in [-0.3, -0.25) is 4.79 Å². The average molecular weight is 419 g/mol. The van der Waals surface area contributed by atoms with Crippen molar-refractivity contribution in [1.29, 1.82) is 0 Å². The van der Waals surface area contributed by atoms with Crippen LogP contribution < -0.4 is 11.1 Å². The molecule has 2 aromatic rings. The molecule has 0 aliphatic rings. The Bertz CT molecular complexity index is 870. The number of nitrogens with two attached hydrogens (primary N) is 1. The lowest BCUT2D eigenvalue weighted by Crippen LogP contribution is -2.41. The molecule has 5 nitrogen and oxygen atoms in total. The maximum atomic E-state index is 13.1. The Hall–Kier alpha value is -2.03. The van der Waals surface area contributed by atoms with E-state index in [9.17, 15) is 22.0 Å². The average Bonchev–Trinajstić information content (AvgIpc) is 2.60. The van der Waals surface area contributed by atoms with E-state index in [1.807, 2.05) is 6.92 Å². The summed E-state index contributed by atoms with van der Waals surface area (Å²) < 4.78 is 50.9. The van der Waals surface area contributed by atoms with Crippen molar-refractivity contribution in [3.8, 4) is 0 Å². The van der Waals surface area contributed by atoms with E-state index in [1.54, 1.807) is 24.3 Å². The quantitative estimate of drug-likeness (QED) is 0.723. The number of hydrogen-bond acceptors (Lipinski definition) is 4. The summed E-state index contributed by atoms with van der Waals surface area (Å²) in [6.45, 7) is 0.151. The molecule has 0 fully saturated rings. The monoisotopic (exact) mass is 418 g/mol. The number of carbonyl (C=O) groups is 1. The van der Waals surface area contributed by atoms with Gasteiger partial charge in [0.1, 0.15) is 0 Å². The van der Waals surface area contributed by atoms with Gasteiger partial charge in [0.2, 0.25) is 0 Å². The van der Waals surface area contributed by atoms with Gasteiger partial charge in [0.15, 0.2) is 9.84 Å². The first-order valence-electron chi connectivity index (χ1n) is 7.87. The molecular formula is C18H21ClF2N2O3S. The molecule has 0 unspecified atom stereocenters. The molecule has 0 aromatic heterocycles. The van der Waals surface area contributed by atoms with E-state index in [0.717, 1.165) is 5.56 Å². The van der Waals surface area contributed by atoms with Crippen molar-refractivity contribution in [2.24, 2.45) is 5.73 Å².